The van der Waals surface area contributed by atoms with E-state index in [-0.39, 0.29) is 18.1 Å². The van der Waals surface area contributed by atoms with Crippen LogP contribution in [0.15, 0.2) is 76.3 Å². The van der Waals surface area contributed by atoms with Crippen LogP contribution in [0.5, 0.6) is 0 Å². The van der Waals surface area contributed by atoms with E-state index in [1.54, 1.807) is 12.4 Å². The highest BCUT2D eigenvalue weighted by Gasteiger charge is 2.34. The number of aromatic nitrogens is 1. The van der Waals surface area contributed by atoms with Crippen LogP contribution in [0.3, 0.4) is 0 Å². The van der Waals surface area contributed by atoms with Gasteiger partial charge in [-0.1, -0.05) is 42.0 Å². The van der Waals surface area contributed by atoms with Crippen molar-refractivity contribution in [3.05, 3.63) is 106 Å². The van der Waals surface area contributed by atoms with Crippen molar-refractivity contribution in [2.24, 2.45) is 0 Å². The predicted octanol–water partition coefficient (Wildman–Crippen LogP) is 7.66. The van der Waals surface area contributed by atoms with Gasteiger partial charge in [-0.25, -0.2) is 0 Å². The van der Waals surface area contributed by atoms with Gasteiger partial charge < -0.3 is 9.52 Å². The number of alkyl halides is 3. The summed E-state index contributed by atoms with van der Waals surface area (Å²) in [4.78, 5) is 18.0. The lowest BCUT2D eigenvalue weighted by atomic mass is 9.99. The lowest BCUT2D eigenvalue weighted by Crippen LogP contribution is -2.23. The summed E-state index contributed by atoms with van der Waals surface area (Å²) in [6, 6.07) is 16.4. The van der Waals surface area contributed by atoms with E-state index in [9.17, 15) is 18.0 Å². The second kappa shape index (κ2) is 12.1. The molecule has 39 heavy (non-hydrogen) atoms. The molecule has 9 heteroatoms. The first-order chi connectivity index (χ1) is 18.5. The number of carboxylic acid groups (broad SMARTS) is 1. The molecule has 0 spiro atoms. The summed E-state index contributed by atoms with van der Waals surface area (Å²) in [5, 5.41) is 8.93. The Hall–Kier alpha value is -3.56. The summed E-state index contributed by atoms with van der Waals surface area (Å²) in [6.07, 6.45) is -1.16. The van der Waals surface area contributed by atoms with Gasteiger partial charge >= 0.3 is 12.1 Å². The van der Waals surface area contributed by atoms with Gasteiger partial charge in [0.25, 0.3) is 0 Å². The number of nitrogens with zero attached hydrogens (tertiary/aromatic N) is 2. The van der Waals surface area contributed by atoms with Crippen LogP contribution in [-0.2, 0) is 30.6 Å². The Morgan fingerprint density at radius 3 is 2.23 bits per heavy atom. The van der Waals surface area contributed by atoms with E-state index < -0.39 is 17.9 Å². The number of thioether (sulfide) groups is 1. The second-order valence-electron chi connectivity index (χ2n) is 9.57. The van der Waals surface area contributed by atoms with Crippen molar-refractivity contribution in [2.75, 3.05) is 5.75 Å². The summed E-state index contributed by atoms with van der Waals surface area (Å²) in [7, 11) is 0. The van der Waals surface area contributed by atoms with Gasteiger partial charge in [-0.2, -0.15) is 13.2 Å². The molecule has 0 amide bonds. The molecule has 4 rings (SSSR count). The molecule has 204 valence electrons. The Balaban J connectivity index is 1.56. The van der Waals surface area contributed by atoms with Crippen molar-refractivity contribution in [3.8, 4) is 11.1 Å². The SMILES string of the molecule is Cc1cc(C)c(CN(Cc2ccc(-c3cncc(SCC(=O)O)c3)cc2)Cc2ccc(C(F)(F)F)o2)c(C)c1. The number of carbonyl (C=O) groups is 1. The van der Waals surface area contributed by atoms with Gasteiger partial charge in [0.15, 0.2) is 0 Å². The van der Waals surface area contributed by atoms with Gasteiger partial charge in [-0.05, 0) is 66.8 Å². The number of pyridine rings is 1. The Morgan fingerprint density at radius 2 is 1.62 bits per heavy atom. The summed E-state index contributed by atoms with van der Waals surface area (Å²) in [5.41, 5.74) is 7.37. The first-order valence-electron chi connectivity index (χ1n) is 12.3. The summed E-state index contributed by atoms with van der Waals surface area (Å²) >= 11 is 1.21. The number of hydrogen-bond donors (Lipinski definition) is 1. The first kappa shape index (κ1) is 28.4. The van der Waals surface area contributed by atoms with Crippen LogP contribution in [-0.4, -0.2) is 26.7 Å². The fourth-order valence-corrected chi connectivity index (χ4v) is 5.18. The van der Waals surface area contributed by atoms with Crippen molar-refractivity contribution >= 4 is 17.7 Å². The number of aryl methyl sites for hydroxylation is 3. The average molecular weight is 555 g/mol. The fourth-order valence-electron chi connectivity index (χ4n) is 4.55. The Bertz CT molecular complexity index is 1430. The normalized spacial score (nSPS) is 11.8. The van der Waals surface area contributed by atoms with Gasteiger partial charge in [0, 0.05) is 35.9 Å². The Morgan fingerprint density at radius 1 is 0.923 bits per heavy atom. The van der Waals surface area contributed by atoms with Crippen molar-refractivity contribution in [1.82, 2.24) is 9.88 Å². The highest BCUT2D eigenvalue weighted by atomic mass is 32.2. The quantitative estimate of drug-likeness (QED) is 0.203. The van der Waals surface area contributed by atoms with Gasteiger partial charge in [-0.15, -0.1) is 11.8 Å². The predicted molar refractivity (Wildman–Crippen MR) is 145 cm³/mol. The number of carboxylic acids is 1. The maximum Gasteiger partial charge on any atom is 0.449 e. The molecule has 2 aromatic carbocycles. The molecule has 0 atom stereocenters. The molecular weight excluding hydrogens is 525 g/mol. The molecule has 0 radical (unpaired) electrons. The van der Waals surface area contributed by atoms with Crippen molar-refractivity contribution < 1.29 is 27.5 Å². The van der Waals surface area contributed by atoms with E-state index in [1.165, 1.54) is 17.8 Å². The molecule has 4 aromatic rings. The van der Waals surface area contributed by atoms with E-state index >= 15 is 0 Å². The third kappa shape index (κ3) is 7.74. The second-order valence-corrected chi connectivity index (χ2v) is 10.6. The van der Waals surface area contributed by atoms with Gasteiger partial charge in [0.05, 0.1) is 12.3 Å². The number of halogens is 3. The highest BCUT2D eigenvalue weighted by Crippen LogP contribution is 2.32. The Kier molecular flexibility index (Phi) is 8.82. The van der Waals surface area contributed by atoms with Crippen LogP contribution < -0.4 is 0 Å². The monoisotopic (exact) mass is 554 g/mol. The molecule has 0 bridgehead atoms. The first-order valence-corrected chi connectivity index (χ1v) is 13.3. The third-order valence-corrected chi connectivity index (χ3v) is 7.26. The maximum atomic E-state index is 13.1. The fraction of sp³-hybridized carbons (Fsp3) is 0.267. The van der Waals surface area contributed by atoms with Gasteiger partial charge in [0.2, 0.25) is 5.76 Å². The standard InChI is InChI=1S/C30H29F3N2O3S/c1-19-10-20(2)27(21(3)11-19)17-35(16-25-8-9-28(38-25)30(31,32)33)15-22-4-6-23(7-5-22)24-12-26(14-34-13-24)39-18-29(36)37/h4-14H,15-18H2,1-3H3,(H,36,37). The summed E-state index contributed by atoms with van der Waals surface area (Å²) in [6.45, 7) is 7.41. The molecule has 0 saturated carbocycles. The van der Waals surface area contributed by atoms with Crippen molar-refractivity contribution in [2.45, 2.75) is 51.5 Å². The van der Waals surface area contributed by atoms with Crippen LogP contribution in [0.4, 0.5) is 13.2 Å². The number of rotatable bonds is 10. The molecule has 0 saturated heterocycles. The largest absolute Gasteiger partial charge is 0.481 e. The molecule has 2 aromatic heterocycles. The molecular formula is C30H29F3N2O3S. The molecule has 2 heterocycles. The molecule has 1 N–H and O–H groups in total. The number of hydrogen-bond acceptors (Lipinski definition) is 5. The Labute approximate surface area is 229 Å². The van der Waals surface area contributed by atoms with Crippen LogP contribution in [0.25, 0.3) is 11.1 Å². The zero-order chi connectivity index (χ0) is 28.2. The minimum atomic E-state index is -4.53. The van der Waals surface area contributed by atoms with E-state index in [0.717, 1.165) is 49.9 Å². The molecule has 0 aliphatic heterocycles. The number of furan rings is 1. The van der Waals surface area contributed by atoms with Crippen molar-refractivity contribution in [1.29, 1.82) is 0 Å². The molecule has 0 unspecified atom stereocenters. The average Bonchev–Trinajstić information content (AvgIpc) is 3.35. The van der Waals surface area contributed by atoms with E-state index in [2.05, 4.69) is 22.0 Å². The molecule has 0 aliphatic carbocycles. The summed E-state index contributed by atoms with van der Waals surface area (Å²) < 4.78 is 44.5. The lowest BCUT2D eigenvalue weighted by Gasteiger charge is -2.24. The van der Waals surface area contributed by atoms with E-state index in [4.69, 9.17) is 9.52 Å². The number of aliphatic carboxylic acids is 1. The minimum absolute atomic E-state index is 0.0417. The van der Waals surface area contributed by atoms with E-state index in [0.29, 0.717) is 13.1 Å². The minimum Gasteiger partial charge on any atom is -0.481 e. The topological polar surface area (TPSA) is 66.6 Å². The van der Waals surface area contributed by atoms with Gasteiger partial charge in [-0.3, -0.25) is 14.7 Å². The van der Waals surface area contributed by atoms with Crippen molar-refractivity contribution in [3.63, 3.8) is 0 Å². The maximum absolute atomic E-state index is 13.1. The molecule has 0 aliphatic rings. The zero-order valence-corrected chi connectivity index (χ0v) is 22.7. The van der Waals surface area contributed by atoms with Crippen LogP contribution >= 0.6 is 11.8 Å². The van der Waals surface area contributed by atoms with Gasteiger partial charge in [0.1, 0.15) is 5.76 Å². The summed E-state index contributed by atoms with van der Waals surface area (Å²) in [5.74, 6) is -1.68. The van der Waals surface area contributed by atoms with E-state index in [1.807, 2.05) is 51.1 Å². The molecule has 5 nitrogen and oxygen atoms in total. The highest BCUT2D eigenvalue weighted by molar-refractivity contribution is 8.00. The molecule has 0 fully saturated rings. The zero-order valence-electron chi connectivity index (χ0n) is 21.9. The van der Waals surface area contributed by atoms with Crippen LogP contribution in [0.2, 0.25) is 0 Å². The van der Waals surface area contributed by atoms with Crippen LogP contribution in [0, 0.1) is 20.8 Å². The van der Waals surface area contributed by atoms with Crippen LogP contribution in [0.1, 0.15) is 39.3 Å². The number of benzene rings is 2. The lowest BCUT2D eigenvalue weighted by molar-refractivity contribution is -0.153. The third-order valence-electron chi connectivity index (χ3n) is 6.31. The smallest absolute Gasteiger partial charge is 0.449 e.